The molecule has 0 unspecified atom stereocenters. The van der Waals surface area contributed by atoms with Gasteiger partial charge in [-0.05, 0) is 18.6 Å². The van der Waals surface area contributed by atoms with Crippen LogP contribution in [0.2, 0.25) is 0 Å². The molecule has 0 heterocycles. The molecule has 0 spiro atoms. The smallest absolute Gasteiger partial charge is 0.108 e. The molecule has 0 aromatic heterocycles. The Labute approximate surface area is 61.7 Å². The van der Waals surface area contributed by atoms with Crippen LogP contribution >= 0.6 is 0 Å². The van der Waals surface area contributed by atoms with Gasteiger partial charge in [-0.25, -0.2) is 0 Å². The second kappa shape index (κ2) is 4.62. The molecule has 0 aromatic rings. The van der Waals surface area contributed by atoms with Crippen molar-refractivity contribution in [1.82, 2.24) is 0 Å². The zero-order chi connectivity index (χ0) is 7.98. The monoisotopic (exact) mass is 136 g/mol. The number of aliphatic hydroxyl groups excluding tert-OH is 1. The van der Waals surface area contributed by atoms with Crippen LogP contribution in [0.4, 0.5) is 0 Å². The van der Waals surface area contributed by atoms with Crippen LogP contribution < -0.4 is 0 Å². The first-order valence-electron chi connectivity index (χ1n) is 3.04. The van der Waals surface area contributed by atoms with Crippen molar-refractivity contribution in [3.63, 3.8) is 0 Å². The van der Waals surface area contributed by atoms with Crippen LogP contribution in [-0.2, 0) is 0 Å². The van der Waals surface area contributed by atoms with E-state index in [1.807, 2.05) is 19.1 Å². The molecule has 1 heteroatoms. The van der Waals surface area contributed by atoms with E-state index in [2.05, 4.69) is 13.2 Å². The Kier molecular flexibility index (Phi) is 4.05. The highest BCUT2D eigenvalue weighted by molar-refractivity contribution is 5.29. The molecular formula is C9H12O. The van der Waals surface area contributed by atoms with E-state index in [-0.39, 0.29) is 5.76 Å². The van der Waals surface area contributed by atoms with Crippen molar-refractivity contribution in [2.45, 2.75) is 6.92 Å². The molecule has 10 heavy (non-hydrogen) atoms. The fraction of sp³-hybridized carbons (Fsp3) is 0.111. The summed E-state index contributed by atoms with van der Waals surface area (Å²) in [6.07, 6.45) is 6.93. The van der Waals surface area contributed by atoms with Crippen LogP contribution in [0, 0.1) is 0 Å². The molecule has 0 fully saturated rings. The minimum absolute atomic E-state index is 0.0469. The van der Waals surface area contributed by atoms with Crippen LogP contribution in [0.3, 0.4) is 0 Å². The van der Waals surface area contributed by atoms with Crippen LogP contribution in [0.15, 0.2) is 48.8 Å². The Morgan fingerprint density at radius 2 is 1.80 bits per heavy atom. The molecule has 0 bridgehead atoms. The van der Waals surface area contributed by atoms with Gasteiger partial charge in [-0.2, -0.15) is 0 Å². The zero-order valence-electron chi connectivity index (χ0n) is 6.17. The van der Waals surface area contributed by atoms with Gasteiger partial charge in [-0.3, -0.25) is 0 Å². The average molecular weight is 136 g/mol. The summed E-state index contributed by atoms with van der Waals surface area (Å²) >= 11 is 0. The first kappa shape index (κ1) is 8.76. The highest BCUT2D eigenvalue weighted by Gasteiger charge is 1.78. The molecule has 0 atom stereocenters. The van der Waals surface area contributed by atoms with E-state index in [0.717, 1.165) is 5.57 Å². The van der Waals surface area contributed by atoms with Crippen molar-refractivity contribution in [1.29, 1.82) is 0 Å². The third kappa shape index (κ3) is 4.91. The number of hydrogen-bond acceptors (Lipinski definition) is 1. The van der Waals surface area contributed by atoms with Gasteiger partial charge >= 0.3 is 0 Å². The summed E-state index contributed by atoms with van der Waals surface area (Å²) in [6.45, 7) is 8.89. The lowest BCUT2D eigenvalue weighted by molar-refractivity contribution is 0.435. The largest absolute Gasteiger partial charge is 0.509 e. The van der Waals surface area contributed by atoms with Gasteiger partial charge in [0.2, 0.25) is 0 Å². The van der Waals surface area contributed by atoms with E-state index >= 15 is 0 Å². The van der Waals surface area contributed by atoms with Crippen LogP contribution in [0.5, 0.6) is 0 Å². The topological polar surface area (TPSA) is 20.2 Å². The van der Waals surface area contributed by atoms with Gasteiger partial charge in [0.25, 0.3) is 0 Å². The van der Waals surface area contributed by atoms with Crippen molar-refractivity contribution in [3.05, 3.63) is 48.8 Å². The van der Waals surface area contributed by atoms with Gasteiger partial charge < -0.3 is 5.11 Å². The van der Waals surface area contributed by atoms with Crippen molar-refractivity contribution >= 4 is 0 Å². The van der Waals surface area contributed by atoms with Gasteiger partial charge in [-0.1, -0.05) is 31.4 Å². The number of hydrogen-bond donors (Lipinski definition) is 1. The van der Waals surface area contributed by atoms with E-state index in [4.69, 9.17) is 5.11 Å². The van der Waals surface area contributed by atoms with Gasteiger partial charge in [0.1, 0.15) is 5.76 Å². The minimum Gasteiger partial charge on any atom is -0.509 e. The summed E-state index contributed by atoms with van der Waals surface area (Å²) < 4.78 is 0. The summed E-state index contributed by atoms with van der Waals surface area (Å²) in [5, 5.41) is 8.62. The van der Waals surface area contributed by atoms with E-state index in [0.29, 0.717) is 0 Å². The Morgan fingerprint density at radius 3 is 2.20 bits per heavy atom. The second-order valence-electron chi connectivity index (χ2n) is 1.90. The molecule has 0 aliphatic heterocycles. The molecule has 54 valence electrons. The molecule has 0 aromatic carbocycles. The fourth-order valence-electron chi connectivity index (χ4n) is 0.473. The summed E-state index contributed by atoms with van der Waals surface area (Å²) in [7, 11) is 0. The fourth-order valence-corrected chi connectivity index (χ4v) is 0.473. The molecule has 0 rings (SSSR count). The van der Waals surface area contributed by atoms with Crippen LogP contribution in [-0.4, -0.2) is 5.11 Å². The van der Waals surface area contributed by atoms with E-state index in [9.17, 15) is 0 Å². The predicted octanol–water partition coefficient (Wildman–Crippen LogP) is 2.75. The Balaban J connectivity index is 3.90. The Morgan fingerprint density at radius 1 is 1.20 bits per heavy atom. The average Bonchev–Trinajstić information content (AvgIpc) is 1.85. The first-order valence-corrected chi connectivity index (χ1v) is 3.04. The third-order valence-corrected chi connectivity index (χ3v) is 0.871. The summed E-state index contributed by atoms with van der Waals surface area (Å²) in [5.74, 6) is 0.0469. The lowest BCUT2D eigenvalue weighted by Gasteiger charge is -1.87. The van der Waals surface area contributed by atoms with E-state index in [1.54, 1.807) is 6.08 Å². The molecule has 0 saturated heterocycles. The Bertz CT molecular complexity index is 185. The summed E-state index contributed by atoms with van der Waals surface area (Å²) in [4.78, 5) is 0. The Hall–Kier alpha value is -1.24. The van der Waals surface area contributed by atoms with E-state index in [1.165, 1.54) is 6.08 Å². The molecule has 0 saturated carbocycles. The van der Waals surface area contributed by atoms with Crippen LogP contribution in [0.25, 0.3) is 0 Å². The molecule has 0 amide bonds. The lowest BCUT2D eigenvalue weighted by Crippen LogP contribution is -1.69. The highest BCUT2D eigenvalue weighted by Crippen LogP contribution is 1.96. The molecule has 1 nitrogen and oxygen atoms in total. The standard InChI is InChI=1S/C9H12O/c1-4-5-8(2)6-7-9(3)10/h4-7,10H,2-3H2,1H3/b5-4-,7-6-. The molecular weight excluding hydrogens is 124 g/mol. The normalized spacial score (nSPS) is 10.9. The van der Waals surface area contributed by atoms with Gasteiger partial charge in [0.15, 0.2) is 0 Å². The second-order valence-corrected chi connectivity index (χ2v) is 1.90. The molecule has 0 radical (unpaired) electrons. The predicted molar refractivity (Wildman–Crippen MR) is 44.9 cm³/mol. The molecule has 0 aliphatic carbocycles. The third-order valence-electron chi connectivity index (χ3n) is 0.871. The summed E-state index contributed by atoms with van der Waals surface area (Å²) in [6, 6.07) is 0. The first-order chi connectivity index (χ1) is 4.66. The van der Waals surface area contributed by atoms with Crippen molar-refractivity contribution < 1.29 is 5.11 Å². The van der Waals surface area contributed by atoms with Crippen molar-refractivity contribution in [3.8, 4) is 0 Å². The molecule has 0 aliphatic rings. The zero-order valence-corrected chi connectivity index (χ0v) is 6.17. The SMILES string of the molecule is C=C(O)/C=C\C(=C)/C=C\C. The summed E-state index contributed by atoms with van der Waals surface area (Å²) in [5.41, 5.74) is 0.845. The lowest BCUT2D eigenvalue weighted by atomic mass is 10.2. The maximum absolute atomic E-state index is 8.62. The number of aliphatic hydroxyl groups is 1. The van der Waals surface area contributed by atoms with Crippen molar-refractivity contribution in [2.24, 2.45) is 0 Å². The van der Waals surface area contributed by atoms with Gasteiger partial charge in [0.05, 0.1) is 0 Å². The highest BCUT2D eigenvalue weighted by atomic mass is 16.3. The number of rotatable bonds is 3. The van der Waals surface area contributed by atoms with Gasteiger partial charge in [0, 0.05) is 0 Å². The van der Waals surface area contributed by atoms with Crippen molar-refractivity contribution in [2.75, 3.05) is 0 Å². The maximum Gasteiger partial charge on any atom is 0.108 e. The quantitative estimate of drug-likeness (QED) is 0.467. The molecule has 1 N–H and O–H groups in total. The van der Waals surface area contributed by atoms with Crippen LogP contribution in [0.1, 0.15) is 6.92 Å². The number of allylic oxidation sites excluding steroid dienone is 5. The van der Waals surface area contributed by atoms with E-state index < -0.39 is 0 Å². The minimum atomic E-state index is 0.0469. The maximum atomic E-state index is 8.62. The van der Waals surface area contributed by atoms with Gasteiger partial charge in [-0.15, -0.1) is 0 Å².